The lowest BCUT2D eigenvalue weighted by molar-refractivity contribution is 0.376. The van der Waals surface area contributed by atoms with Crippen molar-refractivity contribution >= 4 is 22.8 Å². The molecule has 2 heterocycles. The van der Waals surface area contributed by atoms with Gasteiger partial charge in [0.25, 0.3) is 0 Å². The van der Waals surface area contributed by atoms with Gasteiger partial charge in [0.05, 0.1) is 5.52 Å². The fourth-order valence-corrected chi connectivity index (χ4v) is 2.30. The van der Waals surface area contributed by atoms with Gasteiger partial charge in [0.2, 0.25) is 0 Å². The maximum Gasteiger partial charge on any atom is 0.154 e. The van der Waals surface area contributed by atoms with Gasteiger partial charge in [0.15, 0.2) is 5.49 Å². The molecule has 2 aromatic heterocycles. The summed E-state index contributed by atoms with van der Waals surface area (Å²) in [6, 6.07) is 1.99. The van der Waals surface area contributed by atoms with Gasteiger partial charge >= 0.3 is 0 Å². The third-order valence-electron chi connectivity index (χ3n) is 3.02. The summed E-state index contributed by atoms with van der Waals surface area (Å²) in [5, 5.41) is 8.29. The summed E-state index contributed by atoms with van der Waals surface area (Å²) < 4.78 is 1.91. The molecular weight excluding hydrogens is 258 g/mol. The van der Waals surface area contributed by atoms with E-state index >= 15 is 0 Å². The molecule has 0 aliphatic carbocycles. The molecule has 0 aliphatic rings. The molecular formula is C13H19N5S. The minimum atomic E-state index is 0.442. The minimum absolute atomic E-state index is 0.442. The molecule has 0 radical (unpaired) electrons. The highest BCUT2D eigenvalue weighted by molar-refractivity contribution is 7.98. The molecule has 0 saturated heterocycles. The average Bonchev–Trinajstić information content (AvgIpc) is 2.37. The standard InChI is InChI=1S/C13H19N5S/c1-9-16-11-7-10(19-4)8-15-12(11)13(14)18(9)6-5-17(2)3/h7-8,14H,5-6H2,1-4H3. The van der Waals surface area contributed by atoms with Crippen LogP contribution in [-0.2, 0) is 6.54 Å². The lowest BCUT2D eigenvalue weighted by Gasteiger charge is -2.15. The molecule has 19 heavy (non-hydrogen) atoms. The molecule has 0 atom stereocenters. The Morgan fingerprint density at radius 2 is 2.16 bits per heavy atom. The van der Waals surface area contributed by atoms with Gasteiger partial charge in [-0.05, 0) is 33.3 Å². The number of hydrogen-bond donors (Lipinski definition) is 1. The molecule has 0 unspecified atom stereocenters. The Bertz CT molecular complexity index is 647. The predicted octanol–water partition coefficient (Wildman–Crippen LogP) is 1.50. The molecule has 0 aliphatic heterocycles. The molecule has 102 valence electrons. The summed E-state index contributed by atoms with van der Waals surface area (Å²) in [4.78, 5) is 12.1. The van der Waals surface area contributed by atoms with E-state index in [9.17, 15) is 0 Å². The highest BCUT2D eigenvalue weighted by atomic mass is 32.2. The molecule has 5 nitrogen and oxygen atoms in total. The highest BCUT2D eigenvalue weighted by Crippen LogP contribution is 2.16. The topological polar surface area (TPSA) is 57.8 Å². The van der Waals surface area contributed by atoms with Crippen LogP contribution in [0.25, 0.3) is 11.0 Å². The van der Waals surface area contributed by atoms with Crippen molar-refractivity contribution in [2.75, 3.05) is 26.9 Å². The van der Waals surface area contributed by atoms with Crippen LogP contribution in [0.1, 0.15) is 5.82 Å². The molecule has 0 fully saturated rings. The van der Waals surface area contributed by atoms with Crippen LogP contribution in [0.3, 0.4) is 0 Å². The van der Waals surface area contributed by atoms with Crippen LogP contribution in [0.15, 0.2) is 17.2 Å². The summed E-state index contributed by atoms with van der Waals surface area (Å²) in [5.41, 5.74) is 1.91. The van der Waals surface area contributed by atoms with Crippen molar-refractivity contribution in [2.24, 2.45) is 0 Å². The zero-order valence-electron chi connectivity index (χ0n) is 11.8. The zero-order chi connectivity index (χ0) is 14.0. The predicted molar refractivity (Wildman–Crippen MR) is 78.5 cm³/mol. The van der Waals surface area contributed by atoms with Crippen LogP contribution >= 0.6 is 11.8 Å². The van der Waals surface area contributed by atoms with Gasteiger partial charge in [0.1, 0.15) is 11.3 Å². The Balaban J connectivity index is 2.53. The lowest BCUT2D eigenvalue weighted by atomic mass is 10.3. The van der Waals surface area contributed by atoms with Gasteiger partial charge in [-0.2, -0.15) is 0 Å². The molecule has 0 amide bonds. The van der Waals surface area contributed by atoms with E-state index in [0.29, 0.717) is 11.0 Å². The van der Waals surface area contributed by atoms with Gasteiger partial charge in [-0.3, -0.25) is 5.41 Å². The van der Waals surface area contributed by atoms with Crippen LogP contribution in [0, 0.1) is 12.3 Å². The Hall–Kier alpha value is -1.40. The van der Waals surface area contributed by atoms with Crippen molar-refractivity contribution in [1.82, 2.24) is 19.4 Å². The molecule has 0 saturated carbocycles. The Morgan fingerprint density at radius 3 is 2.79 bits per heavy atom. The third kappa shape index (κ3) is 2.96. The van der Waals surface area contributed by atoms with E-state index in [-0.39, 0.29) is 0 Å². The molecule has 2 rings (SSSR count). The van der Waals surface area contributed by atoms with Crippen LogP contribution < -0.4 is 5.49 Å². The minimum Gasteiger partial charge on any atom is -0.312 e. The quantitative estimate of drug-likeness (QED) is 0.861. The monoisotopic (exact) mass is 277 g/mol. The number of rotatable bonds is 4. The first-order valence-corrected chi connectivity index (χ1v) is 7.36. The second-order valence-electron chi connectivity index (χ2n) is 4.71. The second-order valence-corrected chi connectivity index (χ2v) is 5.59. The number of thioether (sulfide) groups is 1. The van der Waals surface area contributed by atoms with Crippen LogP contribution in [0.2, 0.25) is 0 Å². The maximum atomic E-state index is 8.29. The Kier molecular flexibility index (Phi) is 4.21. The first-order valence-electron chi connectivity index (χ1n) is 6.13. The molecule has 0 aromatic carbocycles. The fraction of sp³-hybridized carbons (Fsp3) is 0.462. The third-order valence-corrected chi connectivity index (χ3v) is 3.71. The maximum absolute atomic E-state index is 8.29. The zero-order valence-corrected chi connectivity index (χ0v) is 12.6. The van der Waals surface area contributed by atoms with Crippen molar-refractivity contribution in [1.29, 1.82) is 5.41 Å². The number of pyridine rings is 1. The van der Waals surface area contributed by atoms with Crippen LogP contribution in [0.4, 0.5) is 0 Å². The lowest BCUT2D eigenvalue weighted by Crippen LogP contribution is -2.29. The van der Waals surface area contributed by atoms with E-state index in [2.05, 4.69) is 14.9 Å². The SMILES string of the molecule is CSc1cnc2c(=N)n(CCN(C)C)c(C)nc2c1. The summed E-state index contributed by atoms with van der Waals surface area (Å²) in [6.45, 7) is 3.58. The van der Waals surface area contributed by atoms with E-state index in [4.69, 9.17) is 5.41 Å². The largest absolute Gasteiger partial charge is 0.312 e. The van der Waals surface area contributed by atoms with Crippen molar-refractivity contribution in [3.05, 3.63) is 23.6 Å². The van der Waals surface area contributed by atoms with Crippen molar-refractivity contribution < 1.29 is 0 Å². The highest BCUT2D eigenvalue weighted by Gasteiger charge is 2.07. The molecule has 2 aromatic rings. The van der Waals surface area contributed by atoms with Gasteiger partial charge in [-0.25, -0.2) is 9.97 Å². The molecule has 1 N–H and O–H groups in total. The van der Waals surface area contributed by atoms with Gasteiger partial charge in [0, 0.05) is 24.2 Å². The van der Waals surface area contributed by atoms with E-state index in [1.165, 1.54) is 0 Å². The van der Waals surface area contributed by atoms with Crippen molar-refractivity contribution in [2.45, 2.75) is 18.4 Å². The summed E-state index contributed by atoms with van der Waals surface area (Å²) >= 11 is 1.64. The number of nitrogens with one attached hydrogen (secondary N) is 1. The molecule has 0 bridgehead atoms. The van der Waals surface area contributed by atoms with E-state index in [1.807, 2.05) is 37.9 Å². The first kappa shape index (κ1) is 14.0. The second kappa shape index (κ2) is 5.71. The first-order chi connectivity index (χ1) is 9.02. The van der Waals surface area contributed by atoms with Gasteiger partial charge in [-0.1, -0.05) is 0 Å². The number of fused-ring (bicyclic) bond motifs is 1. The summed E-state index contributed by atoms with van der Waals surface area (Å²) in [6.07, 6.45) is 3.82. The summed E-state index contributed by atoms with van der Waals surface area (Å²) in [7, 11) is 4.05. The van der Waals surface area contributed by atoms with Gasteiger partial charge in [-0.15, -0.1) is 11.8 Å². The van der Waals surface area contributed by atoms with E-state index in [0.717, 1.165) is 29.3 Å². The van der Waals surface area contributed by atoms with Crippen LogP contribution in [-0.4, -0.2) is 46.3 Å². The number of nitrogens with zero attached hydrogens (tertiary/aromatic N) is 4. The smallest absolute Gasteiger partial charge is 0.154 e. The fourth-order valence-electron chi connectivity index (χ4n) is 1.91. The van der Waals surface area contributed by atoms with Crippen LogP contribution in [0.5, 0.6) is 0 Å². The number of hydrogen-bond acceptors (Lipinski definition) is 5. The van der Waals surface area contributed by atoms with E-state index in [1.54, 1.807) is 18.0 Å². The Morgan fingerprint density at radius 1 is 1.42 bits per heavy atom. The van der Waals surface area contributed by atoms with E-state index < -0.39 is 0 Å². The van der Waals surface area contributed by atoms with Crippen molar-refractivity contribution in [3.63, 3.8) is 0 Å². The molecule has 0 spiro atoms. The van der Waals surface area contributed by atoms with Crippen molar-refractivity contribution in [3.8, 4) is 0 Å². The molecule has 6 heteroatoms. The average molecular weight is 277 g/mol. The normalized spacial score (nSPS) is 11.4. The summed E-state index contributed by atoms with van der Waals surface area (Å²) in [5.74, 6) is 0.861. The number of aromatic nitrogens is 3. The number of aryl methyl sites for hydroxylation is 1. The Labute approximate surface area is 117 Å². The number of likely N-dealkylation sites (N-methyl/N-ethyl adjacent to an activating group) is 1. The van der Waals surface area contributed by atoms with Gasteiger partial charge < -0.3 is 9.47 Å².